The lowest BCUT2D eigenvalue weighted by atomic mass is 10.2. The van der Waals surface area contributed by atoms with Gasteiger partial charge in [-0.1, -0.05) is 29.1 Å². The number of anilines is 2. The highest BCUT2D eigenvalue weighted by Crippen LogP contribution is 2.35. The Morgan fingerprint density at radius 3 is 2.85 bits per heavy atom. The second kappa shape index (κ2) is 10.9. The quantitative estimate of drug-likeness (QED) is 0.481. The van der Waals surface area contributed by atoms with Gasteiger partial charge in [0, 0.05) is 30.2 Å². The number of hydrogen-bond acceptors (Lipinski definition) is 7. The Balaban J connectivity index is 1.52. The number of fused-ring (bicyclic) bond motifs is 1. The number of ether oxygens (including phenoxy) is 3. The zero-order valence-corrected chi connectivity index (χ0v) is 19.9. The molecule has 9 heteroatoms. The highest BCUT2D eigenvalue weighted by Gasteiger charge is 2.21. The van der Waals surface area contributed by atoms with Crippen molar-refractivity contribution in [2.75, 3.05) is 45.3 Å². The molecule has 7 nitrogen and oxygen atoms in total. The lowest BCUT2D eigenvalue weighted by Gasteiger charge is -2.31. The lowest BCUT2D eigenvalue weighted by Crippen LogP contribution is -2.45. The van der Waals surface area contributed by atoms with E-state index < -0.39 is 0 Å². The fraction of sp³-hybridized carbons (Fsp3) is 0.333. The van der Waals surface area contributed by atoms with Gasteiger partial charge in [-0.15, -0.1) is 5.92 Å². The molecule has 33 heavy (non-hydrogen) atoms. The molecule has 2 heterocycles. The molecule has 0 aliphatic carbocycles. The van der Waals surface area contributed by atoms with Crippen molar-refractivity contribution in [3.05, 3.63) is 46.7 Å². The van der Waals surface area contributed by atoms with E-state index in [-0.39, 0.29) is 6.10 Å². The first-order chi connectivity index (χ1) is 16.1. The SMILES string of the molecule is CC#CCN1CCOC(COc2cc3ncnc(Nc4ccc(Cl)c(Cl)c4)c3cc2OC)C1. The van der Waals surface area contributed by atoms with Crippen molar-refractivity contribution < 1.29 is 14.2 Å². The van der Waals surface area contributed by atoms with Crippen LogP contribution < -0.4 is 14.8 Å². The topological polar surface area (TPSA) is 68.7 Å². The lowest BCUT2D eigenvalue weighted by molar-refractivity contribution is -0.0443. The molecule has 0 spiro atoms. The first-order valence-corrected chi connectivity index (χ1v) is 11.2. The largest absolute Gasteiger partial charge is 0.493 e. The normalized spacial score (nSPS) is 16.2. The van der Waals surface area contributed by atoms with Gasteiger partial charge in [-0.05, 0) is 31.2 Å². The number of aromatic nitrogens is 2. The Hall–Kier alpha value is -2.76. The first kappa shape index (κ1) is 23.4. The first-order valence-electron chi connectivity index (χ1n) is 10.5. The average Bonchev–Trinajstić information content (AvgIpc) is 2.83. The van der Waals surface area contributed by atoms with E-state index in [1.807, 2.05) is 25.1 Å². The van der Waals surface area contributed by atoms with Gasteiger partial charge >= 0.3 is 0 Å². The minimum atomic E-state index is -0.0462. The molecule has 1 atom stereocenters. The Morgan fingerprint density at radius 1 is 1.18 bits per heavy atom. The van der Waals surface area contributed by atoms with E-state index in [1.165, 1.54) is 6.33 Å². The van der Waals surface area contributed by atoms with E-state index in [4.69, 9.17) is 37.4 Å². The Morgan fingerprint density at radius 2 is 2.06 bits per heavy atom. The number of rotatable bonds is 7. The summed E-state index contributed by atoms with van der Waals surface area (Å²) >= 11 is 12.2. The summed E-state index contributed by atoms with van der Waals surface area (Å²) in [6.45, 7) is 5.28. The Labute approximate surface area is 203 Å². The highest BCUT2D eigenvalue weighted by molar-refractivity contribution is 6.42. The molecule has 1 saturated heterocycles. The van der Waals surface area contributed by atoms with Crippen LogP contribution in [0.1, 0.15) is 6.92 Å². The second-order valence-electron chi connectivity index (χ2n) is 7.46. The molecule has 172 valence electrons. The molecule has 0 bridgehead atoms. The third-order valence-electron chi connectivity index (χ3n) is 5.23. The molecule has 1 unspecified atom stereocenters. The number of hydrogen-bond donors (Lipinski definition) is 1. The van der Waals surface area contributed by atoms with Crippen LogP contribution in [0.4, 0.5) is 11.5 Å². The van der Waals surface area contributed by atoms with Crippen LogP contribution in [0, 0.1) is 11.8 Å². The number of nitrogens with zero attached hydrogens (tertiary/aromatic N) is 3. The molecule has 1 fully saturated rings. The molecule has 1 aliphatic heterocycles. The third-order valence-corrected chi connectivity index (χ3v) is 5.97. The van der Waals surface area contributed by atoms with Crippen LogP contribution in [-0.4, -0.2) is 60.9 Å². The van der Waals surface area contributed by atoms with E-state index in [0.717, 1.165) is 30.7 Å². The van der Waals surface area contributed by atoms with Gasteiger partial charge in [-0.3, -0.25) is 4.90 Å². The zero-order chi connectivity index (χ0) is 23.2. The number of nitrogens with one attached hydrogen (secondary N) is 1. The summed E-state index contributed by atoms with van der Waals surface area (Å²) in [5, 5.41) is 4.99. The van der Waals surface area contributed by atoms with Crippen molar-refractivity contribution in [3.63, 3.8) is 0 Å². The standard InChI is InChI=1S/C24H24Cl2N4O3/c1-3-4-7-30-8-9-32-17(13-30)14-33-23-12-21-18(11-22(23)31-2)24(28-15-27-21)29-16-5-6-19(25)20(26)10-16/h5-6,10-12,15,17H,7-9,13-14H2,1-2H3,(H,27,28,29). The van der Waals surface area contributed by atoms with Crippen LogP contribution in [0.2, 0.25) is 10.0 Å². The maximum absolute atomic E-state index is 6.14. The molecule has 1 N–H and O–H groups in total. The molecule has 0 amide bonds. The van der Waals surface area contributed by atoms with Crippen molar-refractivity contribution in [1.29, 1.82) is 0 Å². The van der Waals surface area contributed by atoms with Gasteiger partial charge in [-0.2, -0.15) is 0 Å². The maximum atomic E-state index is 6.14. The van der Waals surface area contributed by atoms with Crippen molar-refractivity contribution in [3.8, 4) is 23.3 Å². The van der Waals surface area contributed by atoms with E-state index in [9.17, 15) is 0 Å². The van der Waals surface area contributed by atoms with Gasteiger partial charge < -0.3 is 19.5 Å². The Kier molecular flexibility index (Phi) is 7.73. The zero-order valence-electron chi connectivity index (χ0n) is 18.4. The Bertz CT molecular complexity index is 1200. The number of morpholine rings is 1. The average molecular weight is 487 g/mol. The minimum absolute atomic E-state index is 0.0462. The predicted octanol–water partition coefficient (Wildman–Crippen LogP) is 4.79. The third kappa shape index (κ3) is 5.79. The van der Waals surface area contributed by atoms with Gasteiger partial charge in [-0.25, -0.2) is 9.97 Å². The van der Waals surface area contributed by atoms with Gasteiger partial charge in [0.25, 0.3) is 0 Å². The molecule has 4 rings (SSSR count). The molecule has 0 radical (unpaired) electrons. The van der Waals surface area contributed by atoms with Crippen LogP contribution in [0.5, 0.6) is 11.5 Å². The molecule has 3 aromatic rings. The highest BCUT2D eigenvalue weighted by atomic mass is 35.5. The summed E-state index contributed by atoms with van der Waals surface area (Å²) in [6, 6.07) is 9.00. The van der Waals surface area contributed by atoms with Gasteiger partial charge in [0.2, 0.25) is 0 Å². The van der Waals surface area contributed by atoms with Gasteiger partial charge in [0.1, 0.15) is 24.9 Å². The predicted molar refractivity (Wildman–Crippen MR) is 131 cm³/mol. The summed E-state index contributed by atoms with van der Waals surface area (Å²) in [5.41, 5.74) is 1.48. The van der Waals surface area contributed by atoms with E-state index in [2.05, 4.69) is 32.0 Å². The summed E-state index contributed by atoms with van der Waals surface area (Å²) in [4.78, 5) is 11.0. The van der Waals surface area contributed by atoms with Crippen molar-refractivity contribution in [2.45, 2.75) is 13.0 Å². The monoisotopic (exact) mass is 486 g/mol. The van der Waals surface area contributed by atoms with Crippen LogP contribution in [0.15, 0.2) is 36.7 Å². The summed E-state index contributed by atoms with van der Waals surface area (Å²) < 4.78 is 17.5. The second-order valence-corrected chi connectivity index (χ2v) is 8.28. The fourth-order valence-electron chi connectivity index (χ4n) is 3.55. The number of methoxy groups -OCH3 is 1. The van der Waals surface area contributed by atoms with Gasteiger partial charge in [0.05, 0.1) is 35.8 Å². The van der Waals surface area contributed by atoms with Gasteiger partial charge in [0.15, 0.2) is 11.5 Å². The molecular formula is C24H24Cl2N4O3. The molecule has 2 aromatic carbocycles. The van der Waals surface area contributed by atoms with Crippen LogP contribution in [0.3, 0.4) is 0 Å². The van der Waals surface area contributed by atoms with Crippen molar-refractivity contribution in [2.24, 2.45) is 0 Å². The number of benzene rings is 2. The van der Waals surface area contributed by atoms with E-state index >= 15 is 0 Å². The van der Waals surface area contributed by atoms with Crippen LogP contribution in [0.25, 0.3) is 10.9 Å². The molecular weight excluding hydrogens is 463 g/mol. The summed E-state index contributed by atoms with van der Waals surface area (Å²) in [6.07, 6.45) is 1.45. The van der Waals surface area contributed by atoms with Crippen LogP contribution in [-0.2, 0) is 4.74 Å². The maximum Gasteiger partial charge on any atom is 0.163 e. The van der Waals surface area contributed by atoms with Crippen molar-refractivity contribution in [1.82, 2.24) is 14.9 Å². The van der Waals surface area contributed by atoms with Crippen molar-refractivity contribution >= 4 is 45.6 Å². The summed E-state index contributed by atoms with van der Waals surface area (Å²) in [7, 11) is 1.60. The van der Waals surface area contributed by atoms with E-state index in [0.29, 0.717) is 46.1 Å². The minimum Gasteiger partial charge on any atom is -0.493 e. The summed E-state index contributed by atoms with van der Waals surface area (Å²) in [5.74, 6) is 7.83. The van der Waals surface area contributed by atoms with E-state index in [1.54, 1.807) is 19.2 Å². The molecule has 1 aliphatic rings. The molecule has 1 aromatic heterocycles. The fourth-order valence-corrected chi connectivity index (χ4v) is 3.84. The van der Waals surface area contributed by atoms with Crippen LogP contribution >= 0.6 is 23.2 Å². The number of halogens is 2. The smallest absolute Gasteiger partial charge is 0.163 e. The molecule has 0 saturated carbocycles.